The first-order chi connectivity index (χ1) is 20.9. The molecule has 0 atom stereocenters. The van der Waals surface area contributed by atoms with Crippen LogP contribution in [0.2, 0.25) is 0 Å². The minimum Gasteiger partial charge on any atom is -0.478 e. The number of pyridine rings is 1. The van der Waals surface area contributed by atoms with Crippen LogP contribution in [-0.2, 0) is 7.05 Å². The van der Waals surface area contributed by atoms with E-state index in [0.717, 1.165) is 33.2 Å². The van der Waals surface area contributed by atoms with Crippen molar-refractivity contribution in [3.8, 4) is 28.4 Å². The zero-order chi connectivity index (χ0) is 29.9. The Balaban J connectivity index is 1.22. The highest BCUT2D eigenvalue weighted by Gasteiger charge is 2.14. The molecule has 10 heteroatoms. The molecule has 3 heterocycles. The minimum atomic E-state index is -0.243. The molecule has 0 spiro atoms. The second kappa shape index (κ2) is 11.6. The van der Waals surface area contributed by atoms with E-state index in [2.05, 4.69) is 36.8 Å². The number of nitrogens with zero attached hydrogens (tertiary/aromatic N) is 5. The summed E-state index contributed by atoms with van der Waals surface area (Å²) in [6.45, 7) is 4.44. The van der Waals surface area contributed by atoms with Gasteiger partial charge in [-0.3, -0.25) is 4.79 Å². The summed E-state index contributed by atoms with van der Waals surface area (Å²) in [5, 5.41) is 7.29. The Morgan fingerprint density at radius 1 is 0.953 bits per heavy atom. The van der Waals surface area contributed by atoms with Crippen LogP contribution < -0.4 is 21.1 Å². The molecule has 0 unspecified atom stereocenters. The van der Waals surface area contributed by atoms with Crippen LogP contribution in [-0.4, -0.2) is 37.0 Å². The van der Waals surface area contributed by atoms with Gasteiger partial charge in [0.05, 0.1) is 12.1 Å². The maximum Gasteiger partial charge on any atom is 0.255 e. The highest BCUT2D eigenvalue weighted by molar-refractivity contribution is 6.06. The van der Waals surface area contributed by atoms with E-state index in [0.29, 0.717) is 41.2 Å². The number of carbonyl (C=O) groups excluding carboxylic acids is 1. The fourth-order valence-corrected chi connectivity index (χ4v) is 4.85. The van der Waals surface area contributed by atoms with E-state index >= 15 is 0 Å². The summed E-state index contributed by atoms with van der Waals surface area (Å²) in [6, 6.07) is 24.7. The van der Waals surface area contributed by atoms with Gasteiger partial charge in [-0.1, -0.05) is 42.5 Å². The Hall–Kier alpha value is -5.77. The minimum absolute atomic E-state index is 0.0981. The normalized spacial score (nSPS) is 11.0. The lowest BCUT2D eigenvalue weighted by Crippen LogP contribution is -2.13. The number of aromatic nitrogens is 5. The number of nitrogen functional groups attached to an aromatic ring is 1. The molecule has 1 amide bonds. The molecule has 0 fully saturated rings. The topological polar surface area (TPSA) is 133 Å². The Bertz CT molecular complexity index is 1940. The zero-order valence-corrected chi connectivity index (χ0v) is 24.0. The monoisotopic (exact) mass is 570 g/mol. The van der Waals surface area contributed by atoms with E-state index in [1.807, 2.05) is 98.4 Å². The third kappa shape index (κ3) is 5.84. The molecule has 0 aliphatic heterocycles. The molecule has 3 aromatic heterocycles. The van der Waals surface area contributed by atoms with Crippen LogP contribution in [0.25, 0.3) is 33.4 Å². The average molecular weight is 571 g/mol. The molecule has 4 N–H and O–H groups in total. The second-order valence-corrected chi connectivity index (χ2v) is 10.0. The van der Waals surface area contributed by atoms with Crippen molar-refractivity contribution in [3.05, 3.63) is 102 Å². The van der Waals surface area contributed by atoms with Crippen LogP contribution in [0, 0.1) is 6.92 Å². The molecule has 214 valence electrons. The lowest BCUT2D eigenvalue weighted by molar-refractivity contribution is 0.102. The number of nitrogens with two attached hydrogens (primary N) is 1. The largest absolute Gasteiger partial charge is 0.478 e. The molecular weight excluding hydrogens is 540 g/mol. The SMILES string of the molecule is CCOc1ccc(-c2cn(C)c3cc(NC(=O)c4ccc(C)c(Nc5nc(N)nc(-c6ccccc6)n5)c4)ccc23)cn1. The van der Waals surface area contributed by atoms with Gasteiger partial charge in [-0.25, -0.2) is 4.98 Å². The number of amides is 1. The van der Waals surface area contributed by atoms with E-state index in [1.165, 1.54) is 0 Å². The second-order valence-electron chi connectivity index (χ2n) is 10.0. The van der Waals surface area contributed by atoms with Gasteiger partial charge in [0.1, 0.15) is 0 Å². The summed E-state index contributed by atoms with van der Waals surface area (Å²) < 4.78 is 7.51. The predicted molar refractivity (Wildman–Crippen MR) is 169 cm³/mol. The summed E-state index contributed by atoms with van der Waals surface area (Å²) in [7, 11) is 1.98. The fraction of sp³-hybridized carbons (Fsp3) is 0.121. The number of carbonyl (C=O) groups is 1. The van der Waals surface area contributed by atoms with E-state index in [1.54, 1.807) is 12.1 Å². The van der Waals surface area contributed by atoms with Crippen molar-refractivity contribution in [2.75, 3.05) is 23.0 Å². The predicted octanol–water partition coefficient (Wildman–Crippen LogP) is 6.38. The van der Waals surface area contributed by atoms with Crippen LogP contribution >= 0.6 is 0 Å². The van der Waals surface area contributed by atoms with Crippen molar-refractivity contribution in [1.29, 1.82) is 0 Å². The van der Waals surface area contributed by atoms with Gasteiger partial charge in [0.2, 0.25) is 17.8 Å². The molecule has 3 aromatic carbocycles. The van der Waals surface area contributed by atoms with Gasteiger partial charge in [-0.15, -0.1) is 0 Å². The molecule has 43 heavy (non-hydrogen) atoms. The summed E-state index contributed by atoms with van der Waals surface area (Å²) in [5.41, 5.74) is 12.6. The van der Waals surface area contributed by atoms with Crippen molar-refractivity contribution in [1.82, 2.24) is 24.5 Å². The summed E-state index contributed by atoms with van der Waals surface area (Å²) >= 11 is 0. The Morgan fingerprint density at radius 3 is 2.56 bits per heavy atom. The molecule has 0 saturated carbocycles. The first-order valence-corrected chi connectivity index (χ1v) is 13.8. The summed E-state index contributed by atoms with van der Waals surface area (Å²) in [5.74, 6) is 1.20. The average Bonchev–Trinajstić information content (AvgIpc) is 3.34. The van der Waals surface area contributed by atoms with Crippen LogP contribution in [0.4, 0.5) is 23.3 Å². The van der Waals surface area contributed by atoms with Crippen LogP contribution in [0.15, 0.2) is 91.3 Å². The number of hydrogen-bond acceptors (Lipinski definition) is 8. The summed E-state index contributed by atoms with van der Waals surface area (Å²) in [6.07, 6.45) is 3.87. The Morgan fingerprint density at radius 2 is 1.79 bits per heavy atom. The lowest BCUT2D eigenvalue weighted by Gasteiger charge is -2.12. The third-order valence-electron chi connectivity index (χ3n) is 7.02. The van der Waals surface area contributed by atoms with Crippen molar-refractivity contribution < 1.29 is 9.53 Å². The number of benzene rings is 3. The molecule has 0 radical (unpaired) electrons. The number of rotatable bonds is 8. The van der Waals surface area contributed by atoms with Crippen molar-refractivity contribution in [3.63, 3.8) is 0 Å². The van der Waals surface area contributed by atoms with E-state index in [4.69, 9.17) is 10.5 Å². The third-order valence-corrected chi connectivity index (χ3v) is 7.02. The van der Waals surface area contributed by atoms with Gasteiger partial charge >= 0.3 is 0 Å². The number of aryl methyl sites for hydroxylation is 2. The number of anilines is 4. The van der Waals surface area contributed by atoms with Gasteiger partial charge in [-0.2, -0.15) is 15.0 Å². The first kappa shape index (κ1) is 27.4. The van der Waals surface area contributed by atoms with Gasteiger partial charge in [-0.05, 0) is 49.7 Å². The molecule has 6 rings (SSSR count). The zero-order valence-electron chi connectivity index (χ0n) is 24.0. The fourth-order valence-electron chi connectivity index (χ4n) is 4.85. The van der Waals surface area contributed by atoms with E-state index in [9.17, 15) is 4.79 Å². The van der Waals surface area contributed by atoms with Gasteiger partial charge < -0.3 is 25.7 Å². The maximum absolute atomic E-state index is 13.3. The standard InChI is InChI=1S/C33H30N8O2/c1-4-43-29-15-12-23(18-35-29)26-19-41(3)28-17-24(13-14-25(26)28)36-31(42)22-11-10-20(2)27(16-22)37-33-39-30(38-32(34)40-33)21-8-6-5-7-9-21/h5-19H,4H2,1-3H3,(H,36,42)(H3,34,37,38,39,40). The molecule has 0 saturated heterocycles. The summed E-state index contributed by atoms with van der Waals surface area (Å²) in [4.78, 5) is 30.8. The first-order valence-electron chi connectivity index (χ1n) is 13.8. The van der Waals surface area contributed by atoms with Crippen LogP contribution in [0.5, 0.6) is 5.88 Å². The van der Waals surface area contributed by atoms with Crippen molar-refractivity contribution in [2.24, 2.45) is 7.05 Å². The molecule has 0 aliphatic rings. The highest BCUT2D eigenvalue weighted by Crippen LogP contribution is 2.32. The molecular formula is C33H30N8O2. The van der Waals surface area contributed by atoms with Crippen molar-refractivity contribution >= 4 is 40.1 Å². The quantitative estimate of drug-likeness (QED) is 0.192. The molecule has 0 aliphatic carbocycles. The smallest absolute Gasteiger partial charge is 0.255 e. The molecule has 10 nitrogen and oxygen atoms in total. The Kier molecular flexibility index (Phi) is 7.40. The number of fused-ring (bicyclic) bond motifs is 1. The molecule has 6 aromatic rings. The van der Waals surface area contributed by atoms with Crippen LogP contribution in [0.3, 0.4) is 0 Å². The lowest BCUT2D eigenvalue weighted by atomic mass is 10.1. The van der Waals surface area contributed by atoms with Crippen molar-refractivity contribution in [2.45, 2.75) is 13.8 Å². The van der Waals surface area contributed by atoms with Gasteiger partial charge in [0.25, 0.3) is 5.91 Å². The molecule has 0 bridgehead atoms. The highest BCUT2D eigenvalue weighted by atomic mass is 16.5. The number of hydrogen-bond donors (Lipinski definition) is 3. The van der Waals surface area contributed by atoms with E-state index in [-0.39, 0.29) is 11.9 Å². The van der Waals surface area contributed by atoms with Gasteiger partial charge in [0, 0.05) is 64.5 Å². The number of ether oxygens (including phenoxy) is 1. The van der Waals surface area contributed by atoms with E-state index < -0.39 is 0 Å². The maximum atomic E-state index is 13.3. The number of nitrogens with one attached hydrogen (secondary N) is 2. The Labute approximate surface area is 248 Å². The van der Waals surface area contributed by atoms with Crippen LogP contribution in [0.1, 0.15) is 22.8 Å². The van der Waals surface area contributed by atoms with Gasteiger partial charge in [0.15, 0.2) is 5.82 Å².